The summed E-state index contributed by atoms with van der Waals surface area (Å²) in [7, 11) is -3.46. The number of unbranched alkanes of at least 4 members (excludes halogenated alkanes) is 1. The largest absolute Gasteiger partial charge is 0.243 e. The van der Waals surface area contributed by atoms with Gasteiger partial charge in [-0.2, -0.15) is 4.31 Å². The van der Waals surface area contributed by atoms with E-state index in [4.69, 9.17) is 0 Å². The Hall–Kier alpha value is -1.65. The van der Waals surface area contributed by atoms with Crippen LogP contribution < -0.4 is 0 Å². The first kappa shape index (κ1) is 17.2. The molecule has 0 saturated heterocycles. The van der Waals surface area contributed by atoms with E-state index in [9.17, 15) is 8.42 Å². The van der Waals surface area contributed by atoms with Crippen LogP contribution in [0.3, 0.4) is 0 Å². The predicted molar refractivity (Wildman–Crippen MR) is 98.3 cm³/mol. The Morgan fingerprint density at radius 2 is 1.88 bits per heavy atom. The zero-order valence-electron chi connectivity index (χ0n) is 14.5. The van der Waals surface area contributed by atoms with Crippen molar-refractivity contribution in [2.24, 2.45) is 0 Å². The first-order valence-electron chi connectivity index (χ1n) is 8.60. The van der Waals surface area contributed by atoms with Crippen LogP contribution in [0.15, 0.2) is 64.1 Å². The van der Waals surface area contributed by atoms with E-state index >= 15 is 0 Å². The number of sulfonamides is 1. The first-order chi connectivity index (χ1) is 11.4. The van der Waals surface area contributed by atoms with E-state index in [2.05, 4.69) is 19.6 Å². The lowest BCUT2D eigenvalue weighted by atomic mass is 9.92. The van der Waals surface area contributed by atoms with Gasteiger partial charge in [0.25, 0.3) is 0 Å². The highest BCUT2D eigenvalue weighted by molar-refractivity contribution is 7.89. The summed E-state index contributed by atoms with van der Waals surface area (Å²) in [6.45, 7) is 9.24. The van der Waals surface area contributed by atoms with Gasteiger partial charge in [0.15, 0.2) is 0 Å². The minimum atomic E-state index is -3.46. The number of allylic oxidation sites excluding steroid dienone is 2. The van der Waals surface area contributed by atoms with Gasteiger partial charge in [-0.15, -0.1) is 0 Å². The molecule has 0 radical (unpaired) electrons. The molecule has 0 fully saturated rings. The Morgan fingerprint density at radius 1 is 1.17 bits per heavy atom. The van der Waals surface area contributed by atoms with Gasteiger partial charge in [-0.3, -0.25) is 0 Å². The molecule has 0 spiro atoms. The van der Waals surface area contributed by atoms with E-state index in [0.29, 0.717) is 18.0 Å². The van der Waals surface area contributed by atoms with Crippen LogP contribution in [0, 0.1) is 6.92 Å². The van der Waals surface area contributed by atoms with Gasteiger partial charge in [0.1, 0.15) is 0 Å². The molecule has 4 heteroatoms. The van der Waals surface area contributed by atoms with Gasteiger partial charge < -0.3 is 0 Å². The molecular weight excluding hydrogens is 318 g/mol. The number of hydrogen-bond acceptors (Lipinski definition) is 2. The van der Waals surface area contributed by atoms with Crippen molar-refractivity contribution in [2.45, 2.75) is 44.4 Å². The SMILES string of the molecule is C=C1CC=C2CN(S(=O)(=O)c3ccc(C)cc3)CC(CCCC)=C12. The highest BCUT2D eigenvalue weighted by atomic mass is 32.2. The Labute approximate surface area is 145 Å². The molecule has 0 saturated carbocycles. The van der Waals surface area contributed by atoms with E-state index in [1.807, 2.05) is 19.1 Å². The molecule has 2 aliphatic rings. The smallest absolute Gasteiger partial charge is 0.207 e. The van der Waals surface area contributed by atoms with E-state index in [0.717, 1.165) is 42.4 Å². The summed E-state index contributed by atoms with van der Waals surface area (Å²) in [6, 6.07) is 7.12. The van der Waals surface area contributed by atoms with Crippen molar-refractivity contribution in [2.75, 3.05) is 13.1 Å². The molecule has 0 bridgehead atoms. The molecule has 128 valence electrons. The standard InChI is InChI=1S/C20H25NO2S/c1-4-5-6-17-13-21(14-18-10-9-16(3)20(17)18)24(22,23)19-11-7-15(2)8-12-19/h7-8,10-12H,3-6,9,13-14H2,1-2H3. The number of aryl methyl sites for hydroxylation is 1. The highest BCUT2D eigenvalue weighted by Crippen LogP contribution is 2.39. The molecule has 0 unspecified atom stereocenters. The highest BCUT2D eigenvalue weighted by Gasteiger charge is 2.33. The van der Waals surface area contributed by atoms with Gasteiger partial charge in [-0.05, 0) is 60.6 Å². The van der Waals surface area contributed by atoms with Gasteiger partial charge in [-0.25, -0.2) is 8.42 Å². The molecule has 0 N–H and O–H groups in total. The maximum atomic E-state index is 13.0. The van der Waals surface area contributed by atoms with Crippen LogP contribution in [0.2, 0.25) is 0 Å². The second-order valence-electron chi connectivity index (χ2n) is 6.71. The van der Waals surface area contributed by atoms with Crippen LogP contribution in [0.25, 0.3) is 0 Å². The molecule has 3 rings (SSSR count). The van der Waals surface area contributed by atoms with Crippen LogP contribution in [0.5, 0.6) is 0 Å². The van der Waals surface area contributed by atoms with Crippen LogP contribution in [0.1, 0.15) is 38.2 Å². The van der Waals surface area contributed by atoms with Crippen LogP contribution >= 0.6 is 0 Å². The second kappa shape index (κ2) is 6.69. The monoisotopic (exact) mass is 343 g/mol. The Balaban J connectivity index is 1.95. The third kappa shape index (κ3) is 3.13. The van der Waals surface area contributed by atoms with Crippen LogP contribution in [0.4, 0.5) is 0 Å². The summed E-state index contributed by atoms with van der Waals surface area (Å²) in [6.07, 6.45) is 6.12. The zero-order valence-corrected chi connectivity index (χ0v) is 15.3. The van der Waals surface area contributed by atoms with E-state index < -0.39 is 10.0 Å². The summed E-state index contributed by atoms with van der Waals surface area (Å²) in [5, 5.41) is 0. The molecule has 3 nitrogen and oxygen atoms in total. The number of benzene rings is 1. The maximum Gasteiger partial charge on any atom is 0.243 e. The quantitative estimate of drug-likeness (QED) is 0.796. The van der Waals surface area contributed by atoms with Gasteiger partial charge in [0, 0.05) is 13.1 Å². The van der Waals surface area contributed by atoms with Crippen molar-refractivity contribution in [1.82, 2.24) is 4.31 Å². The van der Waals surface area contributed by atoms with E-state index in [1.54, 1.807) is 16.4 Å². The second-order valence-corrected chi connectivity index (χ2v) is 8.64. The van der Waals surface area contributed by atoms with Crippen molar-refractivity contribution in [3.8, 4) is 0 Å². The fourth-order valence-electron chi connectivity index (χ4n) is 3.46. The minimum absolute atomic E-state index is 0.379. The molecule has 0 amide bonds. The molecule has 1 heterocycles. The molecule has 1 aliphatic carbocycles. The summed E-state index contributed by atoms with van der Waals surface area (Å²) < 4.78 is 27.7. The summed E-state index contributed by atoms with van der Waals surface area (Å²) in [5.74, 6) is 0. The lowest BCUT2D eigenvalue weighted by Gasteiger charge is -2.31. The van der Waals surface area contributed by atoms with Gasteiger partial charge >= 0.3 is 0 Å². The first-order valence-corrected chi connectivity index (χ1v) is 10.0. The normalized spacial score (nSPS) is 18.8. The number of hydrogen-bond donors (Lipinski definition) is 0. The third-order valence-electron chi connectivity index (χ3n) is 4.83. The topological polar surface area (TPSA) is 37.4 Å². The lowest BCUT2D eigenvalue weighted by molar-refractivity contribution is 0.445. The molecule has 0 atom stereocenters. The molecule has 1 aliphatic heterocycles. The summed E-state index contributed by atoms with van der Waals surface area (Å²) in [5.41, 5.74) is 5.82. The summed E-state index contributed by atoms with van der Waals surface area (Å²) in [4.78, 5) is 0.379. The molecular formula is C20H25NO2S. The molecule has 1 aromatic carbocycles. The Bertz CT molecular complexity index is 814. The molecule has 24 heavy (non-hydrogen) atoms. The van der Waals surface area contributed by atoms with Crippen molar-refractivity contribution in [1.29, 1.82) is 0 Å². The van der Waals surface area contributed by atoms with Gasteiger partial charge in [0.05, 0.1) is 4.90 Å². The number of rotatable bonds is 5. The Kier molecular flexibility index (Phi) is 4.79. The third-order valence-corrected chi connectivity index (χ3v) is 6.63. The van der Waals surface area contributed by atoms with Gasteiger partial charge in [-0.1, -0.05) is 43.7 Å². The van der Waals surface area contributed by atoms with Crippen molar-refractivity contribution in [3.63, 3.8) is 0 Å². The molecule has 1 aromatic rings. The molecule has 0 aromatic heterocycles. The van der Waals surface area contributed by atoms with Crippen LogP contribution in [-0.4, -0.2) is 25.8 Å². The number of nitrogens with zero attached hydrogens (tertiary/aromatic N) is 1. The average Bonchev–Trinajstić information content (AvgIpc) is 2.94. The average molecular weight is 343 g/mol. The minimum Gasteiger partial charge on any atom is -0.207 e. The number of fused-ring (bicyclic) bond motifs is 1. The fraction of sp³-hybridized carbons (Fsp3) is 0.400. The van der Waals surface area contributed by atoms with Crippen molar-refractivity contribution >= 4 is 10.0 Å². The van der Waals surface area contributed by atoms with Crippen LogP contribution in [-0.2, 0) is 10.0 Å². The van der Waals surface area contributed by atoms with E-state index in [1.165, 1.54) is 11.1 Å². The van der Waals surface area contributed by atoms with Crippen molar-refractivity contribution in [3.05, 3.63) is 64.8 Å². The zero-order chi connectivity index (χ0) is 17.3. The van der Waals surface area contributed by atoms with Gasteiger partial charge in [0.2, 0.25) is 10.0 Å². The fourth-order valence-corrected chi connectivity index (χ4v) is 4.87. The summed E-state index contributed by atoms with van der Waals surface area (Å²) >= 11 is 0. The van der Waals surface area contributed by atoms with E-state index in [-0.39, 0.29) is 0 Å². The Morgan fingerprint density at radius 3 is 2.54 bits per heavy atom. The van der Waals surface area contributed by atoms with Crippen molar-refractivity contribution < 1.29 is 8.42 Å². The predicted octanol–water partition coefficient (Wildman–Crippen LogP) is 4.37. The lowest BCUT2D eigenvalue weighted by Crippen LogP contribution is -2.38. The maximum absolute atomic E-state index is 13.0.